The number of ether oxygens (including phenoxy) is 2. The minimum Gasteiger partial charge on any atom is -0.387 e. The summed E-state index contributed by atoms with van der Waals surface area (Å²) < 4.78 is 23.8. The fourth-order valence-corrected chi connectivity index (χ4v) is 1.78. The van der Waals surface area contributed by atoms with Crippen LogP contribution >= 0.6 is 0 Å². The molecule has 1 unspecified atom stereocenters. The Balaban J connectivity index is 2.71. The number of halogens is 1. The van der Waals surface area contributed by atoms with E-state index in [1.165, 1.54) is 12.1 Å². The van der Waals surface area contributed by atoms with Gasteiger partial charge in [-0.3, -0.25) is 0 Å². The first kappa shape index (κ1) is 15.1. The van der Waals surface area contributed by atoms with Gasteiger partial charge in [-0.2, -0.15) is 0 Å². The van der Waals surface area contributed by atoms with Crippen molar-refractivity contribution in [2.45, 2.75) is 39.6 Å². The minimum atomic E-state index is -0.801. The van der Waals surface area contributed by atoms with Gasteiger partial charge in [0.1, 0.15) is 11.9 Å². The van der Waals surface area contributed by atoms with Crippen molar-refractivity contribution in [1.82, 2.24) is 0 Å². The monoisotopic (exact) mass is 256 g/mol. The number of aliphatic hydroxyl groups is 1. The molecule has 0 saturated carbocycles. The van der Waals surface area contributed by atoms with Crippen molar-refractivity contribution < 1.29 is 19.0 Å². The standard InChI is InChI=1S/C14H21FO3/c1-4-17-14(18-5-2)13(16)9-11-8-12(15)7-6-10(11)3/h6-8,13-14,16H,4-5,9H2,1-3H3. The van der Waals surface area contributed by atoms with Gasteiger partial charge in [0, 0.05) is 19.6 Å². The molecule has 0 radical (unpaired) electrons. The number of hydrogen-bond donors (Lipinski definition) is 1. The maximum atomic E-state index is 13.2. The van der Waals surface area contributed by atoms with Gasteiger partial charge in [-0.25, -0.2) is 4.39 Å². The Morgan fingerprint density at radius 1 is 1.22 bits per heavy atom. The number of benzene rings is 1. The highest BCUT2D eigenvalue weighted by atomic mass is 19.1. The maximum absolute atomic E-state index is 13.2. The molecule has 3 nitrogen and oxygen atoms in total. The molecule has 0 amide bonds. The van der Waals surface area contributed by atoms with Crippen LogP contribution in [0, 0.1) is 12.7 Å². The normalized spacial score (nSPS) is 13.0. The van der Waals surface area contributed by atoms with E-state index in [1.54, 1.807) is 6.07 Å². The Bertz CT molecular complexity index is 362. The Hall–Kier alpha value is -0.970. The van der Waals surface area contributed by atoms with E-state index < -0.39 is 12.4 Å². The van der Waals surface area contributed by atoms with Gasteiger partial charge < -0.3 is 14.6 Å². The molecule has 0 fully saturated rings. The summed E-state index contributed by atoms with van der Waals surface area (Å²) in [5.41, 5.74) is 1.72. The van der Waals surface area contributed by atoms with Crippen LogP contribution < -0.4 is 0 Å². The average Bonchev–Trinajstić information content (AvgIpc) is 2.33. The van der Waals surface area contributed by atoms with Crippen molar-refractivity contribution in [3.05, 3.63) is 35.1 Å². The van der Waals surface area contributed by atoms with Gasteiger partial charge >= 0.3 is 0 Å². The summed E-state index contributed by atoms with van der Waals surface area (Å²) in [6.07, 6.45) is -1.15. The molecule has 0 aliphatic heterocycles. The lowest BCUT2D eigenvalue weighted by Gasteiger charge is -2.23. The SMILES string of the molecule is CCOC(OCC)C(O)Cc1cc(F)ccc1C. The summed E-state index contributed by atoms with van der Waals surface area (Å²) in [5.74, 6) is -0.299. The minimum absolute atomic E-state index is 0.299. The fraction of sp³-hybridized carbons (Fsp3) is 0.571. The van der Waals surface area contributed by atoms with Crippen LogP contribution in [0.5, 0.6) is 0 Å². The quantitative estimate of drug-likeness (QED) is 0.761. The predicted molar refractivity (Wildman–Crippen MR) is 67.9 cm³/mol. The van der Waals surface area contributed by atoms with Crippen molar-refractivity contribution in [2.75, 3.05) is 13.2 Å². The Morgan fingerprint density at radius 3 is 2.39 bits per heavy atom. The van der Waals surface area contributed by atoms with Crippen molar-refractivity contribution in [2.24, 2.45) is 0 Å². The molecule has 0 saturated heterocycles. The summed E-state index contributed by atoms with van der Waals surface area (Å²) in [6, 6.07) is 4.55. The first-order valence-electron chi connectivity index (χ1n) is 6.24. The maximum Gasteiger partial charge on any atom is 0.183 e. The lowest BCUT2D eigenvalue weighted by Crippen LogP contribution is -2.33. The third-order valence-electron chi connectivity index (χ3n) is 2.72. The first-order chi connectivity index (χ1) is 8.58. The lowest BCUT2D eigenvalue weighted by atomic mass is 10.0. The predicted octanol–water partition coefficient (Wildman–Crippen LogP) is 2.44. The smallest absolute Gasteiger partial charge is 0.183 e. The molecule has 1 N–H and O–H groups in total. The van der Waals surface area contributed by atoms with Gasteiger partial charge in [-0.05, 0) is 44.0 Å². The highest BCUT2D eigenvalue weighted by Gasteiger charge is 2.20. The number of rotatable bonds is 7. The third kappa shape index (κ3) is 4.37. The molecule has 18 heavy (non-hydrogen) atoms. The van der Waals surface area contributed by atoms with E-state index in [-0.39, 0.29) is 5.82 Å². The first-order valence-corrected chi connectivity index (χ1v) is 6.24. The molecule has 0 bridgehead atoms. The molecule has 1 aromatic carbocycles. The van der Waals surface area contributed by atoms with Crippen LogP contribution in [0.25, 0.3) is 0 Å². The van der Waals surface area contributed by atoms with Crippen molar-refractivity contribution in [3.63, 3.8) is 0 Å². The highest BCUT2D eigenvalue weighted by Crippen LogP contribution is 2.15. The van der Waals surface area contributed by atoms with E-state index in [9.17, 15) is 9.50 Å². The van der Waals surface area contributed by atoms with Gasteiger partial charge in [0.15, 0.2) is 6.29 Å². The van der Waals surface area contributed by atoms with E-state index >= 15 is 0 Å². The van der Waals surface area contributed by atoms with Gasteiger partial charge in [0.2, 0.25) is 0 Å². The van der Waals surface area contributed by atoms with Crippen LogP contribution in [0.3, 0.4) is 0 Å². The third-order valence-corrected chi connectivity index (χ3v) is 2.72. The second-order valence-corrected chi connectivity index (χ2v) is 4.12. The van der Waals surface area contributed by atoms with Crippen LogP contribution in [0.4, 0.5) is 4.39 Å². The van der Waals surface area contributed by atoms with Gasteiger partial charge in [-0.1, -0.05) is 6.07 Å². The van der Waals surface area contributed by atoms with E-state index in [4.69, 9.17) is 9.47 Å². The molecule has 0 aliphatic rings. The van der Waals surface area contributed by atoms with Crippen LogP contribution in [0.1, 0.15) is 25.0 Å². The van der Waals surface area contributed by atoms with Crippen LogP contribution in [0.15, 0.2) is 18.2 Å². The number of aryl methyl sites for hydroxylation is 1. The molecule has 0 aliphatic carbocycles. The molecule has 1 atom stereocenters. The van der Waals surface area contributed by atoms with E-state index in [0.29, 0.717) is 19.6 Å². The molecule has 1 aromatic rings. The van der Waals surface area contributed by atoms with Gasteiger partial charge in [0.05, 0.1) is 0 Å². The Labute approximate surface area is 108 Å². The zero-order chi connectivity index (χ0) is 13.5. The largest absolute Gasteiger partial charge is 0.387 e. The Morgan fingerprint density at radius 2 is 1.83 bits per heavy atom. The zero-order valence-corrected chi connectivity index (χ0v) is 11.1. The van der Waals surface area contributed by atoms with E-state index in [2.05, 4.69) is 0 Å². The highest BCUT2D eigenvalue weighted by molar-refractivity contribution is 5.27. The summed E-state index contributed by atoms with van der Waals surface area (Å²) in [5, 5.41) is 10.1. The fourth-order valence-electron chi connectivity index (χ4n) is 1.78. The lowest BCUT2D eigenvalue weighted by molar-refractivity contribution is -0.188. The topological polar surface area (TPSA) is 38.7 Å². The van der Waals surface area contributed by atoms with Crippen LogP contribution in [-0.2, 0) is 15.9 Å². The van der Waals surface area contributed by atoms with Crippen LogP contribution in [0.2, 0.25) is 0 Å². The molecule has 1 rings (SSSR count). The van der Waals surface area contributed by atoms with Crippen molar-refractivity contribution >= 4 is 0 Å². The zero-order valence-electron chi connectivity index (χ0n) is 11.1. The van der Waals surface area contributed by atoms with E-state index in [1.807, 2.05) is 20.8 Å². The molecule has 0 spiro atoms. The summed E-state index contributed by atoms with van der Waals surface area (Å²) in [4.78, 5) is 0. The molecule has 0 heterocycles. The number of hydrogen-bond acceptors (Lipinski definition) is 3. The molecular formula is C14H21FO3. The second-order valence-electron chi connectivity index (χ2n) is 4.12. The second kappa shape index (κ2) is 7.46. The molecule has 4 heteroatoms. The van der Waals surface area contributed by atoms with Crippen molar-refractivity contribution in [3.8, 4) is 0 Å². The Kier molecular flexibility index (Phi) is 6.25. The summed E-state index contributed by atoms with van der Waals surface area (Å²) in [7, 11) is 0. The summed E-state index contributed by atoms with van der Waals surface area (Å²) >= 11 is 0. The number of aliphatic hydroxyl groups excluding tert-OH is 1. The average molecular weight is 256 g/mol. The van der Waals surface area contributed by atoms with Gasteiger partial charge in [-0.15, -0.1) is 0 Å². The molecular weight excluding hydrogens is 235 g/mol. The van der Waals surface area contributed by atoms with E-state index in [0.717, 1.165) is 11.1 Å². The van der Waals surface area contributed by atoms with Crippen molar-refractivity contribution in [1.29, 1.82) is 0 Å². The van der Waals surface area contributed by atoms with Crippen LogP contribution in [-0.4, -0.2) is 30.7 Å². The summed E-state index contributed by atoms with van der Waals surface area (Å²) in [6.45, 7) is 6.49. The molecule has 102 valence electrons. The molecule has 0 aromatic heterocycles. The van der Waals surface area contributed by atoms with Gasteiger partial charge in [0.25, 0.3) is 0 Å².